The summed E-state index contributed by atoms with van der Waals surface area (Å²) in [6.07, 6.45) is -2.62. The number of nitriles is 1. The van der Waals surface area contributed by atoms with Crippen molar-refractivity contribution in [1.82, 2.24) is 4.98 Å². The molecule has 3 nitrogen and oxygen atoms in total. The number of rotatable bonds is 4. The van der Waals surface area contributed by atoms with Crippen molar-refractivity contribution in [1.29, 1.82) is 5.26 Å². The summed E-state index contributed by atoms with van der Waals surface area (Å²) in [5.74, 6) is -4.42. The minimum Gasteiger partial charge on any atom is -0.363 e. The number of aromatic nitrogens is 1. The lowest BCUT2D eigenvalue weighted by molar-refractivity contribution is -0.117. The smallest absolute Gasteiger partial charge is 0.324 e. The van der Waals surface area contributed by atoms with Gasteiger partial charge in [-0.2, -0.15) is 14.0 Å². The van der Waals surface area contributed by atoms with Crippen LogP contribution in [-0.4, -0.2) is 23.9 Å². The third-order valence-corrected chi connectivity index (χ3v) is 2.20. The van der Waals surface area contributed by atoms with Gasteiger partial charge in [-0.05, 0) is 6.07 Å². The molecule has 92 valence electrons. The third kappa shape index (κ3) is 3.20. The minimum absolute atomic E-state index is 0.0181. The van der Waals surface area contributed by atoms with Gasteiger partial charge in [0.05, 0.1) is 12.1 Å². The number of nitrogens with zero attached hydrogens (tertiary/aromatic N) is 2. The van der Waals surface area contributed by atoms with Crippen LogP contribution in [0.5, 0.6) is 0 Å². The number of pyridine rings is 1. The highest BCUT2D eigenvalue weighted by Crippen LogP contribution is 2.26. The van der Waals surface area contributed by atoms with E-state index in [1.165, 1.54) is 6.07 Å². The summed E-state index contributed by atoms with van der Waals surface area (Å²) in [6.45, 7) is -1.31. The van der Waals surface area contributed by atoms with E-state index in [2.05, 4.69) is 4.98 Å². The van der Waals surface area contributed by atoms with Gasteiger partial charge in [0.2, 0.25) is 0 Å². The predicted molar refractivity (Wildman–Crippen MR) is 53.4 cm³/mol. The summed E-state index contributed by atoms with van der Waals surface area (Å²) in [7, 11) is 0. The van der Waals surface area contributed by atoms with Crippen LogP contribution in [0, 0.1) is 11.3 Å². The quantitative estimate of drug-likeness (QED) is 0.853. The van der Waals surface area contributed by atoms with E-state index in [9.17, 15) is 17.6 Å². The van der Waals surface area contributed by atoms with E-state index in [1.807, 2.05) is 5.32 Å². The van der Waals surface area contributed by atoms with E-state index in [0.717, 1.165) is 6.20 Å². The molecule has 1 aromatic rings. The van der Waals surface area contributed by atoms with E-state index >= 15 is 0 Å². The Labute approximate surface area is 99.0 Å². The number of hydrogen-bond donors (Lipinski definition) is 1. The Kier molecular flexibility index (Phi) is 4.12. The fraction of sp³-hybridized carbons (Fsp3) is 0.333. The van der Waals surface area contributed by atoms with Gasteiger partial charge in [0.15, 0.2) is 0 Å². The number of nitrogens with one attached hydrogen (secondary N) is 1. The topological polar surface area (TPSA) is 48.7 Å². The SMILES string of the molecule is N#Cc1ccnc(NCC(F)(F)C(F)F)c1Cl. The molecule has 0 saturated carbocycles. The van der Waals surface area contributed by atoms with Gasteiger partial charge in [-0.15, -0.1) is 0 Å². The van der Waals surface area contributed by atoms with Crippen LogP contribution in [0.25, 0.3) is 0 Å². The molecule has 0 fully saturated rings. The standard InChI is InChI=1S/C9H6ClF4N3/c10-6-5(3-15)1-2-16-7(6)17-4-9(13,14)8(11)12/h1-2,8H,4H2,(H,16,17). The lowest BCUT2D eigenvalue weighted by Crippen LogP contribution is -2.35. The lowest BCUT2D eigenvalue weighted by atomic mass is 10.3. The first-order valence-corrected chi connectivity index (χ1v) is 4.70. The van der Waals surface area contributed by atoms with Crippen LogP contribution in [0.4, 0.5) is 23.4 Å². The van der Waals surface area contributed by atoms with Gasteiger partial charge in [-0.1, -0.05) is 11.6 Å². The zero-order valence-corrected chi connectivity index (χ0v) is 8.98. The molecule has 0 aromatic carbocycles. The summed E-state index contributed by atoms with van der Waals surface area (Å²) in [4.78, 5) is 3.58. The fourth-order valence-electron chi connectivity index (χ4n) is 0.932. The molecular weight excluding hydrogens is 262 g/mol. The number of alkyl halides is 4. The molecule has 0 bridgehead atoms. The maximum Gasteiger partial charge on any atom is 0.324 e. The van der Waals surface area contributed by atoms with Crippen molar-refractivity contribution in [2.24, 2.45) is 0 Å². The van der Waals surface area contributed by atoms with E-state index < -0.39 is 18.9 Å². The van der Waals surface area contributed by atoms with Crippen LogP contribution in [0.15, 0.2) is 12.3 Å². The second-order valence-electron chi connectivity index (χ2n) is 3.05. The predicted octanol–water partition coefficient (Wildman–Crippen LogP) is 2.92. The maximum atomic E-state index is 12.6. The van der Waals surface area contributed by atoms with Crippen molar-refractivity contribution in [2.75, 3.05) is 11.9 Å². The number of hydrogen-bond acceptors (Lipinski definition) is 3. The van der Waals surface area contributed by atoms with Gasteiger partial charge in [0.25, 0.3) is 0 Å². The highest BCUT2D eigenvalue weighted by molar-refractivity contribution is 6.34. The van der Waals surface area contributed by atoms with Crippen molar-refractivity contribution >= 4 is 17.4 Å². The number of halogens is 5. The first-order chi connectivity index (χ1) is 7.88. The van der Waals surface area contributed by atoms with Crippen LogP contribution in [-0.2, 0) is 0 Å². The van der Waals surface area contributed by atoms with E-state index in [1.54, 1.807) is 6.07 Å². The molecule has 1 aromatic heterocycles. The Morgan fingerprint density at radius 1 is 1.53 bits per heavy atom. The Morgan fingerprint density at radius 3 is 2.71 bits per heavy atom. The third-order valence-electron chi connectivity index (χ3n) is 1.82. The fourth-order valence-corrected chi connectivity index (χ4v) is 1.15. The van der Waals surface area contributed by atoms with Crippen molar-refractivity contribution in [3.8, 4) is 6.07 Å². The maximum absolute atomic E-state index is 12.6. The number of anilines is 1. The molecule has 1 N–H and O–H groups in total. The molecule has 0 spiro atoms. The van der Waals surface area contributed by atoms with Crippen LogP contribution in [0.3, 0.4) is 0 Å². The Morgan fingerprint density at radius 2 is 2.18 bits per heavy atom. The minimum atomic E-state index is -4.19. The van der Waals surface area contributed by atoms with Crippen LogP contribution >= 0.6 is 11.6 Å². The Hall–Kier alpha value is -1.55. The molecule has 0 unspecified atom stereocenters. The average Bonchev–Trinajstić information content (AvgIpc) is 2.27. The van der Waals surface area contributed by atoms with E-state index in [-0.39, 0.29) is 16.4 Å². The molecular formula is C9H6ClF4N3. The summed E-state index contributed by atoms with van der Waals surface area (Å²) in [6, 6.07) is 2.98. The molecule has 0 atom stereocenters. The largest absolute Gasteiger partial charge is 0.363 e. The van der Waals surface area contributed by atoms with Gasteiger partial charge < -0.3 is 5.32 Å². The molecule has 1 heterocycles. The molecule has 0 aliphatic carbocycles. The summed E-state index contributed by atoms with van der Waals surface area (Å²) in [5, 5.41) is 10.4. The molecule has 0 aliphatic heterocycles. The van der Waals surface area contributed by atoms with E-state index in [4.69, 9.17) is 16.9 Å². The lowest BCUT2D eigenvalue weighted by Gasteiger charge is -2.16. The highest BCUT2D eigenvalue weighted by Gasteiger charge is 2.40. The van der Waals surface area contributed by atoms with Crippen LogP contribution in [0.2, 0.25) is 5.02 Å². The molecule has 17 heavy (non-hydrogen) atoms. The molecule has 0 amide bonds. The van der Waals surface area contributed by atoms with Crippen molar-refractivity contribution in [3.63, 3.8) is 0 Å². The van der Waals surface area contributed by atoms with Gasteiger partial charge in [0, 0.05) is 6.20 Å². The van der Waals surface area contributed by atoms with Crippen LogP contribution in [0.1, 0.15) is 5.56 Å². The first kappa shape index (κ1) is 13.5. The van der Waals surface area contributed by atoms with Crippen molar-refractivity contribution < 1.29 is 17.6 Å². The van der Waals surface area contributed by atoms with Crippen molar-refractivity contribution in [3.05, 3.63) is 22.8 Å². The van der Waals surface area contributed by atoms with Gasteiger partial charge in [0.1, 0.15) is 16.9 Å². The normalized spacial score (nSPS) is 11.4. The van der Waals surface area contributed by atoms with Gasteiger partial charge in [-0.25, -0.2) is 13.8 Å². The monoisotopic (exact) mass is 267 g/mol. The molecule has 0 aliphatic rings. The van der Waals surface area contributed by atoms with Crippen molar-refractivity contribution in [2.45, 2.75) is 12.3 Å². The zero-order chi connectivity index (χ0) is 13.1. The van der Waals surface area contributed by atoms with Gasteiger partial charge >= 0.3 is 12.3 Å². The first-order valence-electron chi connectivity index (χ1n) is 4.33. The van der Waals surface area contributed by atoms with Gasteiger partial charge in [-0.3, -0.25) is 0 Å². The Balaban J connectivity index is 2.81. The summed E-state index contributed by atoms with van der Waals surface area (Å²) in [5.41, 5.74) is 0.0181. The average molecular weight is 268 g/mol. The molecule has 0 radical (unpaired) electrons. The van der Waals surface area contributed by atoms with Crippen LogP contribution < -0.4 is 5.32 Å². The second kappa shape index (κ2) is 5.19. The highest BCUT2D eigenvalue weighted by atomic mass is 35.5. The summed E-state index contributed by atoms with van der Waals surface area (Å²) >= 11 is 5.64. The van der Waals surface area contributed by atoms with E-state index in [0.29, 0.717) is 0 Å². The Bertz CT molecular complexity index is 444. The zero-order valence-electron chi connectivity index (χ0n) is 8.22. The molecule has 0 saturated heterocycles. The molecule has 8 heteroatoms. The summed E-state index contributed by atoms with van der Waals surface area (Å²) < 4.78 is 48.9. The molecule has 1 rings (SSSR count). The second-order valence-corrected chi connectivity index (χ2v) is 3.43.